The molecule has 0 aliphatic carbocycles. The standard InChI is InChI=1S/C21H25NO7/c1-7-28-20(24)16-11(2)18(22-12(16)3)19(23)13(4)29-21(25)17-14(26-5)9-8-10-15(17)27-6/h8-10,13,22H,7H2,1-6H3/t13-/m0/s1. The molecular weight excluding hydrogens is 378 g/mol. The summed E-state index contributed by atoms with van der Waals surface area (Å²) in [6.07, 6.45) is -1.11. The largest absolute Gasteiger partial charge is 0.496 e. The van der Waals surface area contributed by atoms with Gasteiger partial charge in [0.2, 0.25) is 5.78 Å². The van der Waals surface area contributed by atoms with Crippen LogP contribution in [-0.4, -0.2) is 49.6 Å². The Hall–Kier alpha value is -3.29. The predicted molar refractivity (Wildman–Crippen MR) is 105 cm³/mol. The third-order valence-corrected chi connectivity index (χ3v) is 4.45. The number of aromatic nitrogens is 1. The van der Waals surface area contributed by atoms with E-state index < -0.39 is 23.8 Å². The third-order valence-electron chi connectivity index (χ3n) is 4.45. The number of esters is 2. The molecule has 0 aliphatic rings. The number of ketones is 1. The average Bonchev–Trinajstić information content (AvgIpc) is 3.00. The number of rotatable bonds is 8. The topological polar surface area (TPSA) is 104 Å². The Labute approximate surface area is 169 Å². The van der Waals surface area contributed by atoms with Gasteiger partial charge in [-0.1, -0.05) is 6.07 Å². The smallest absolute Gasteiger partial charge is 0.346 e. The molecule has 29 heavy (non-hydrogen) atoms. The normalized spacial score (nSPS) is 11.5. The molecule has 0 aliphatic heterocycles. The van der Waals surface area contributed by atoms with Gasteiger partial charge >= 0.3 is 11.9 Å². The number of H-pyrrole nitrogens is 1. The number of aromatic amines is 1. The van der Waals surface area contributed by atoms with Crippen molar-refractivity contribution >= 4 is 17.7 Å². The fraction of sp³-hybridized carbons (Fsp3) is 0.381. The van der Waals surface area contributed by atoms with Gasteiger partial charge in [-0.3, -0.25) is 4.79 Å². The zero-order valence-electron chi connectivity index (χ0n) is 17.4. The number of aryl methyl sites for hydroxylation is 1. The van der Waals surface area contributed by atoms with Gasteiger partial charge in [-0.05, 0) is 45.4 Å². The number of ether oxygens (including phenoxy) is 4. The number of hydrogen-bond donors (Lipinski definition) is 1. The molecule has 8 nitrogen and oxygen atoms in total. The predicted octanol–water partition coefficient (Wildman–Crippen LogP) is 3.25. The van der Waals surface area contributed by atoms with Crippen LogP contribution in [0, 0.1) is 13.8 Å². The molecule has 0 spiro atoms. The van der Waals surface area contributed by atoms with E-state index in [2.05, 4.69) is 4.98 Å². The van der Waals surface area contributed by atoms with Crippen molar-refractivity contribution in [3.8, 4) is 11.5 Å². The molecule has 1 atom stereocenters. The SMILES string of the molecule is CCOC(=O)c1c(C)[nH]c(C(=O)[C@H](C)OC(=O)c2c(OC)cccc2OC)c1C. The number of benzene rings is 1. The number of carbonyl (C=O) groups is 3. The van der Waals surface area contributed by atoms with Crippen LogP contribution in [0.2, 0.25) is 0 Å². The van der Waals surface area contributed by atoms with Gasteiger partial charge in [0.05, 0.1) is 32.1 Å². The van der Waals surface area contributed by atoms with Crippen molar-refractivity contribution in [2.24, 2.45) is 0 Å². The van der Waals surface area contributed by atoms with Crippen molar-refractivity contribution in [2.45, 2.75) is 33.8 Å². The van der Waals surface area contributed by atoms with E-state index in [-0.39, 0.29) is 29.4 Å². The molecule has 2 rings (SSSR count). The summed E-state index contributed by atoms with van der Waals surface area (Å²) in [5, 5.41) is 0. The van der Waals surface area contributed by atoms with Crippen molar-refractivity contribution < 1.29 is 33.3 Å². The van der Waals surface area contributed by atoms with Crippen LogP contribution >= 0.6 is 0 Å². The van der Waals surface area contributed by atoms with E-state index in [4.69, 9.17) is 18.9 Å². The van der Waals surface area contributed by atoms with Crippen LogP contribution < -0.4 is 9.47 Å². The molecule has 156 valence electrons. The molecule has 8 heteroatoms. The van der Waals surface area contributed by atoms with Crippen LogP contribution in [0.1, 0.15) is 56.3 Å². The van der Waals surface area contributed by atoms with Gasteiger partial charge in [-0.15, -0.1) is 0 Å². The molecule has 1 aromatic carbocycles. The Morgan fingerprint density at radius 3 is 2.10 bits per heavy atom. The highest BCUT2D eigenvalue weighted by molar-refractivity contribution is 6.05. The van der Waals surface area contributed by atoms with Crippen molar-refractivity contribution in [3.63, 3.8) is 0 Å². The molecule has 0 bridgehead atoms. The average molecular weight is 403 g/mol. The summed E-state index contributed by atoms with van der Waals surface area (Å²) in [4.78, 5) is 40.6. The van der Waals surface area contributed by atoms with E-state index >= 15 is 0 Å². The molecule has 1 heterocycles. The van der Waals surface area contributed by atoms with Gasteiger partial charge in [0.15, 0.2) is 6.10 Å². The third kappa shape index (κ3) is 4.42. The summed E-state index contributed by atoms with van der Waals surface area (Å²) >= 11 is 0. The van der Waals surface area contributed by atoms with Crippen LogP contribution in [0.25, 0.3) is 0 Å². The van der Waals surface area contributed by atoms with Crippen LogP contribution in [0.4, 0.5) is 0 Å². The molecule has 0 saturated heterocycles. The van der Waals surface area contributed by atoms with E-state index in [1.165, 1.54) is 21.1 Å². The van der Waals surface area contributed by atoms with E-state index in [0.717, 1.165) is 0 Å². The maximum atomic E-state index is 12.9. The van der Waals surface area contributed by atoms with Gasteiger partial charge in [0.25, 0.3) is 0 Å². The number of nitrogens with one attached hydrogen (secondary N) is 1. The van der Waals surface area contributed by atoms with Crippen LogP contribution in [0.3, 0.4) is 0 Å². The molecule has 0 unspecified atom stereocenters. The molecule has 0 saturated carbocycles. The quantitative estimate of drug-likeness (QED) is 0.533. The van der Waals surface area contributed by atoms with Gasteiger partial charge in [0.1, 0.15) is 17.1 Å². The van der Waals surface area contributed by atoms with E-state index in [9.17, 15) is 14.4 Å². The van der Waals surface area contributed by atoms with E-state index in [1.54, 1.807) is 39.0 Å². The molecule has 2 aromatic rings. The zero-order chi connectivity index (χ0) is 21.7. The number of methoxy groups -OCH3 is 2. The first kappa shape index (κ1) is 22.0. The Kier molecular flexibility index (Phi) is 7.03. The minimum atomic E-state index is -1.11. The lowest BCUT2D eigenvalue weighted by Crippen LogP contribution is -2.26. The van der Waals surface area contributed by atoms with Crippen LogP contribution in [0.15, 0.2) is 18.2 Å². The highest BCUT2D eigenvalue weighted by Crippen LogP contribution is 2.29. The highest BCUT2D eigenvalue weighted by atomic mass is 16.6. The zero-order valence-corrected chi connectivity index (χ0v) is 17.4. The van der Waals surface area contributed by atoms with Crippen LogP contribution in [0.5, 0.6) is 11.5 Å². The van der Waals surface area contributed by atoms with Crippen LogP contribution in [-0.2, 0) is 9.47 Å². The van der Waals surface area contributed by atoms with E-state index in [0.29, 0.717) is 16.8 Å². The lowest BCUT2D eigenvalue weighted by Gasteiger charge is -2.15. The van der Waals surface area contributed by atoms with Gasteiger partial charge in [0, 0.05) is 5.69 Å². The van der Waals surface area contributed by atoms with Crippen molar-refractivity contribution in [1.82, 2.24) is 4.98 Å². The Balaban J connectivity index is 2.28. The fourth-order valence-corrected chi connectivity index (χ4v) is 3.03. The first-order valence-corrected chi connectivity index (χ1v) is 9.09. The Morgan fingerprint density at radius 1 is 1.00 bits per heavy atom. The minimum absolute atomic E-state index is 0.0868. The fourth-order valence-electron chi connectivity index (χ4n) is 3.03. The summed E-state index contributed by atoms with van der Waals surface area (Å²) in [5.41, 5.74) is 1.54. The minimum Gasteiger partial charge on any atom is -0.496 e. The number of carbonyl (C=O) groups excluding carboxylic acids is 3. The second kappa shape index (κ2) is 9.27. The molecular formula is C21H25NO7. The van der Waals surface area contributed by atoms with Crippen molar-refractivity contribution in [3.05, 3.63) is 46.3 Å². The van der Waals surface area contributed by atoms with Gasteiger partial charge in [-0.25, -0.2) is 9.59 Å². The second-order valence-electron chi connectivity index (χ2n) is 6.29. The summed E-state index contributed by atoms with van der Waals surface area (Å²) in [7, 11) is 2.84. The molecule has 0 amide bonds. The monoisotopic (exact) mass is 403 g/mol. The Bertz CT molecular complexity index is 907. The maximum absolute atomic E-state index is 12.9. The molecule has 1 N–H and O–H groups in total. The summed E-state index contributed by atoms with van der Waals surface area (Å²) in [6, 6.07) is 4.86. The summed E-state index contributed by atoms with van der Waals surface area (Å²) in [6.45, 7) is 6.70. The lowest BCUT2D eigenvalue weighted by atomic mass is 10.1. The number of Topliss-reactive ketones (excluding diaryl/α,β-unsaturated/α-hetero) is 1. The van der Waals surface area contributed by atoms with Gasteiger partial charge < -0.3 is 23.9 Å². The first-order chi connectivity index (χ1) is 13.8. The summed E-state index contributed by atoms with van der Waals surface area (Å²) in [5.74, 6) is -1.20. The molecule has 0 fully saturated rings. The molecule has 1 aromatic heterocycles. The second-order valence-corrected chi connectivity index (χ2v) is 6.29. The number of hydrogen-bond acceptors (Lipinski definition) is 7. The Morgan fingerprint density at radius 2 is 1.59 bits per heavy atom. The van der Waals surface area contributed by atoms with E-state index in [1.807, 2.05) is 0 Å². The van der Waals surface area contributed by atoms with Gasteiger partial charge in [-0.2, -0.15) is 0 Å². The maximum Gasteiger partial charge on any atom is 0.346 e. The van der Waals surface area contributed by atoms with Crippen molar-refractivity contribution in [1.29, 1.82) is 0 Å². The van der Waals surface area contributed by atoms with Crippen molar-refractivity contribution in [2.75, 3.05) is 20.8 Å². The lowest BCUT2D eigenvalue weighted by molar-refractivity contribution is 0.0310. The highest BCUT2D eigenvalue weighted by Gasteiger charge is 2.29. The summed E-state index contributed by atoms with van der Waals surface area (Å²) < 4.78 is 20.8. The first-order valence-electron chi connectivity index (χ1n) is 9.09. The molecule has 0 radical (unpaired) electrons.